The minimum atomic E-state index is -0.00708. The fourth-order valence-electron chi connectivity index (χ4n) is 5.14. The number of rotatable bonds is 7. The highest BCUT2D eigenvalue weighted by Crippen LogP contribution is 2.60. The number of nitrogens with one attached hydrogen (secondary N) is 1. The molecule has 0 saturated heterocycles. The monoisotopic (exact) mass is 280 g/mol. The maximum absolute atomic E-state index is 12.6. The zero-order chi connectivity index (χ0) is 14.0. The van der Waals surface area contributed by atoms with Gasteiger partial charge in [0, 0.05) is 25.1 Å². The smallest absolute Gasteiger partial charge is 0.226 e. The van der Waals surface area contributed by atoms with Crippen molar-refractivity contribution in [2.45, 2.75) is 44.9 Å². The normalized spacial score (nSPS) is 38.1. The van der Waals surface area contributed by atoms with E-state index >= 15 is 0 Å². The van der Waals surface area contributed by atoms with Crippen LogP contribution in [-0.4, -0.2) is 32.2 Å². The summed E-state index contributed by atoms with van der Waals surface area (Å²) in [6, 6.07) is 0. The van der Waals surface area contributed by atoms with Gasteiger partial charge in [0.25, 0.3) is 0 Å². The van der Waals surface area contributed by atoms with Gasteiger partial charge in [0.1, 0.15) is 0 Å². The molecule has 114 valence electrons. The topological polar surface area (TPSA) is 64.3 Å². The Labute approximate surface area is 121 Å². The second-order valence-corrected chi connectivity index (χ2v) is 7.21. The zero-order valence-corrected chi connectivity index (χ0v) is 12.4. The van der Waals surface area contributed by atoms with Gasteiger partial charge in [0.15, 0.2) is 0 Å². The van der Waals surface area contributed by atoms with E-state index in [-0.39, 0.29) is 5.41 Å². The van der Waals surface area contributed by atoms with E-state index in [0.717, 1.165) is 50.0 Å². The Morgan fingerprint density at radius 2 is 1.70 bits per heavy atom. The van der Waals surface area contributed by atoms with Gasteiger partial charge in [0.2, 0.25) is 5.91 Å². The summed E-state index contributed by atoms with van der Waals surface area (Å²) in [5.41, 5.74) is 5.36. The first-order valence-corrected chi connectivity index (χ1v) is 8.28. The molecular formula is C16H28N2O2. The van der Waals surface area contributed by atoms with E-state index in [1.54, 1.807) is 0 Å². The predicted molar refractivity (Wildman–Crippen MR) is 78.1 cm³/mol. The lowest BCUT2D eigenvalue weighted by Crippen LogP contribution is -2.53. The molecule has 0 spiro atoms. The molecule has 4 saturated carbocycles. The molecular weight excluding hydrogens is 252 g/mol. The lowest BCUT2D eigenvalue weighted by atomic mass is 9.49. The predicted octanol–water partition coefficient (Wildman–Crippen LogP) is 1.68. The van der Waals surface area contributed by atoms with Crippen LogP contribution in [0.15, 0.2) is 0 Å². The minimum Gasteiger partial charge on any atom is -0.380 e. The molecule has 4 nitrogen and oxygen atoms in total. The zero-order valence-electron chi connectivity index (χ0n) is 12.4. The van der Waals surface area contributed by atoms with Crippen molar-refractivity contribution in [3.8, 4) is 0 Å². The molecule has 4 heteroatoms. The Kier molecular flexibility index (Phi) is 4.32. The molecule has 0 aromatic carbocycles. The van der Waals surface area contributed by atoms with Gasteiger partial charge in [0.05, 0.1) is 6.61 Å². The van der Waals surface area contributed by atoms with Crippen molar-refractivity contribution in [2.75, 3.05) is 26.3 Å². The third-order valence-corrected chi connectivity index (χ3v) is 5.53. The number of amides is 1. The van der Waals surface area contributed by atoms with Gasteiger partial charge in [-0.1, -0.05) is 0 Å². The second kappa shape index (κ2) is 6.02. The molecule has 4 aliphatic rings. The summed E-state index contributed by atoms with van der Waals surface area (Å²) < 4.78 is 5.34. The fraction of sp³-hybridized carbons (Fsp3) is 0.938. The third kappa shape index (κ3) is 2.86. The minimum absolute atomic E-state index is 0.00708. The van der Waals surface area contributed by atoms with E-state index in [2.05, 4.69) is 5.32 Å². The van der Waals surface area contributed by atoms with E-state index < -0.39 is 0 Å². The van der Waals surface area contributed by atoms with Crippen LogP contribution in [0.4, 0.5) is 0 Å². The summed E-state index contributed by atoms with van der Waals surface area (Å²) in [7, 11) is 0. The molecule has 20 heavy (non-hydrogen) atoms. The van der Waals surface area contributed by atoms with Crippen LogP contribution in [0.1, 0.15) is 44.9 Å². The van der Waals surface area contributed by atoms with Gasteiger partial charge in [-0.05, 0) is 62.7 Å². The van der Waals surface area contributed by atoms with Crippen LogP contribution in [0.5, 0.6) is 0 Å². The molecule has 0 heterocycles. The van der Waals surface area contributed by atoms with Crippen LogP contribution in [0.25, 0.3) is 0 Å². The fourth-order valence-corrected chi connectivity index (χ4v) is 5.14. The van der Waals surface area contributed by atoms with Crippen molar-refractivity contribution in [1.82, 2.24) is 5.32 Å². The largest absolute Gasteiger partial charge is 0.380 e. The van der Waals surface area contributed by atoms with Crippen LogP contribution in [0.3, 0.4) is 0 Å². The molecule has 4 aliphatic carbocycles. The van der Waals surface area contributed by atoms with E-state index in [9.17, 15) is 4.79 Å². The number of hydrogen-bond acceptors (Lipinski definition) is 3. The van der Waals surface area contributed by atoms with Gasteiger partial charge in [-0.2, -0.15) is 0 Å². The highest BCUT2D eigenvalue weighted by atomic mass is 16.5. The first kappa shape index (κ1) is 14.3. The van der Waals surface area contributed by atoms with Gasteiger partial charge < -0.3 is 15.8 Å². The molecule has 1 amide bonds. The van der Waals surface area contributed by atoms with Gasteiger partial charge in [-0.25, -0.2) is 0 Å². The third-order valence-electron chi connectivity index (χ3n) is 5.53. The quantitative estimate of drug-likeness (QED) is 0.697. The van der Waals surface area contributed by atoms with Crippen LogP contribution < -0.4 is 11.1 Å². The first-order valence-electron chi connectivity index (χ1n) is 8.28. The Morgan fingerprint density at radius 3 is 2.25 bits per heavy atom. The van der Waals surface area contributed by atoms with Crippen LogP contribution in [0, 0.1) is 23.2 Å². The molecule has 3 N–H and O–H groups in total. The molecule has 0 aromatic heterocycles. The molecule has 0 aromatic rings. The summed E-state index contributed by atoms with van der Waals surface area (Å²) >= 11 is 0. The highest BCUT2D eigenvalue weighted by molar-refractivity contribution is 5.83. The molecule has 4 fully saturated rings. The van der Waals surface area contributed by atoms with E-state index in [4.69, 9.17) is 10.5 Å². The van der Waals surface area contributed by atoms with E-state index in [1.165, 1.54) is 19.3 Å². The number of carbonyl (C=O) groups excluding carboxylic acids is 1. The van der Waals surface area contributed by atoms with Gasteiger partial charge in [-0.15, -0.1) is 0 Å². The average molecular weight is 280 g/mol. The Bertz CT molecular complexity index is 321. The SMILES string of the molecule is NCCOCCCNC(=O)C12CC3CC(CC(C3)C1)C2. The number of hydrogen-bond donors (Lipinski definition) is 2. The molecule has 4 bridgehead atoms. The van der Waals surface area contributed by atoms with Crippen molar-refractivity contribution in [1.29, 1.82) is 0 Å². The van der Waals surface area contributed by atoms with Crippen molar-refractivity contribution in [3.05, 3.63) is 0 Å². The molecule has 0 radical (unpaired) electrons. The molecule has 0 unspecified atom stereocenters. The summed E-state index contributed by atoms with van der Waals surface area (Å²) in [6.45, 7) is 2.62. The van der Waals surface area contributed by atoms with Crippen molar-refractivity contribution < 1.29 is 9.53 Å². The second-order valence-electron chi connectivity index (χ2n) is 7.21. The molecule has 0 aliphatic heterocycles. The summed E-state index contributed by atoms with van der Waals surface area (Å²) in [5.74, 6) is 2.83. The van der Waals surface area contributed by atoms with E-state index in [0.29, 0.717) is 25.7 Å². The number of ether oxygens (including phenoxy) is 1. The van der Waals surface area contributed by atoms with Crippen molar-refractivity contribution in [2.24, 2.45) is 28.9 Å². The van der Waals surface area contributed by atoms with Gasteiger partial charge in [-0.3, -0.25) is 4.79 Å². The summed E-state index contributed by atoms with van der Waals surface area (Å²) in [6.07, 6.45) is 8.49. The van der Waals surface area contributed by atoms with Gasteiger partial charge >= 0.3 is 0 Å². The van der Waals surface area contributed by atoms with Crippen molar-refractivity contribution >= 4 is 5.91 Å². The lowest BCUT2D eigenvalue weighted by molar-refractivity contribution is -0.146. The Morgan fingerprint density at radius 1 is 1.10 bits per heavy atom. The Balaban J connectivity index is 1.45. The summed E-state index contributed by atoms with van der Waals surface area (Å²) in [5, 5.41) is 3.17. The maximum Gasteiger partial charge on any atom is 0.226 e. The van der Waals surface area contributed by atoms with Crippen molar-refractivity contribution in [3.63, 3.8) is 0 Å². The number of nitrogens with two attached hydrogens (primary N) is 1. The first-order chi connectivity index (χ1) is 9.72. The average Bonchev–Trinajstić information content (AvgIpc) is 2.41. The molecule has 0 atom stereocenters. The van der Waals surface area contributed by atoms with Crippen LogP contribution in [-0.2, 0) is 9.53 Å². The Hall–Kier alpha value is -0.610. The standard InChI is InChI=1S/C16H28N2O2/c17-2-5-20-4-1-3-18-15(19)16-9-12-6-13(10-16)8-14(7-12)11-16/h12-14H,1-11,17H2,(H,18,19). The lowest BCUT2D eigenvalue weighted by Gasteiger charge is -2.55. The molecule has 4 rings (SSSR count). The summed E-state index contributed by atoms with van der Waals surface area (Å²) in [4.78, 5) is 12.6. The highest BCUT2D eigenvalue weighted by Gasteiger charge is 2.54. The maximum atomic E-state index is 12.6. The van der Waals surface area contributed by atoms with Crippen LogP contribution >= 0.6 is 0 Å². The van der Waals surface area contributed by atoms with Crippen LogP contribution in [0.2, 0.25) is 0 Å². The van der Waals surface area contributed by atoms with E-state index in [1.807, 2.05) is 0 Å². The number of carbonyl (C=O) groups is 1.